The molecule has 0 heterocycles. The van der Waals surface area contributed by atoms with E-state index in [-0.39, 0.29) is 41.1 Å². The third kappa shape index (κ3) is 2.75. The van der Waals surface area contributed by atoms with Crippen LogP contribution in [0.4, 0.5) is 0 Å². The Morgan fingerprint density at radius 3 is 2.70 bits per heavy atom. The summed E-state index contributed by atoms with van der Waals surface area (Å²) in [5, 5.41) is 29.5. The number of carbonyl (C=O) groups excluding carboxylic acids is 1. The lowest BCUT2D eigenvalue weighted by Gasteiger charge is -2.60. The lowest BCUT2D eigenvalue weighted by atomic mass is 9.47. The number of aromatic hydroxyl groups is 2. The number of hydrogen-bond acceptors (Lipinski definition) is 5. The fourth-order valence-corrected chi connectivity index (χ4v) is 6.11. The topological polar surface area (TPSA) is 87.0 Å². The standard InChI is InChI=1S/C22H28O5/c1-11-4-13-7-14(10-23)20-18(9-22(20,3)16(13)5-11)27-21(26)19-12(2)6-15(24)8-17(19)25/h6-8,11,13,16,18,20,23-25H,4-5,9-10H2,1-3H3/t11-,13+,16-,18-,20-,22-/m1/s1. The highest BCUT2D eigenvalue weighted by atomic mass is 16.5. The molecule has 3 N–H and O–H groups in total. The Hall–Kier alpha value is -2.01. The van der Waals surface area contributed by atoms with E-state index in [1.54, 1.807) is 6.92 Å². The lowest BCUT2D eigenvalue weighted by Crippen LogP contribution is -2.59. The zero-order valence-electron chi connectivity index (χ0n) is 16.1. The number of ether oxygens (including phenoxy) is 1. The van der Waals surface area contributed by atoms with E-state index in [9.17, 15) is 20.1 Å². The summed E-state index contributed by atoms with van der Waals surface area (Å²) in [7, 11) is 0. The number of benzene rings is 1. The largest absolute Gasteiger partial charge is 0.508 e. The molecule has 2 fully saturated rings. The Morgan fingerprint density at radius 2 is 2.04 bits per heavy atom. The molecule has 0 saturated heterocycles. The minimum atomic E-state index is -0.573. The average Bonchev–Trinajstić information content (AvgIpc) is 2.93. The van der Waals surface area contributed by atoms with Crippen LogP contribution in [0.2, 0.25) is 0 Å². The number of phenols is 2. The van der Waals surface area contributed by atoms with Gasteiger partial charge >= 0.3 is 5.97 Å². The van der Waals surface area contributed by atoms with Gasteiger partial charge in [-0.15, -0.1) is 0 Å². The van der Waals surface area contributed by atoms with Crippen molar-refractivity contribution in [3.63, 3.8) is 0 Å². The summed E-state index contributed by atoms with van der Waals surface area (Å²) in [4.78, 5) is 12.7. The SMILES string of the molecule is Cc1cc(O)cc(O)c1C(=O)O[C@@H]1C[C@]2(C)[C@@H]3C[C@H](C)C[C@H]3C=C(CO)[C@H]12. The molecule has 3 aliphatic rings. The number of carbonyl (C=O) groups is 1. The van der Waals surface area contributed by atoms with Gasteiger partial charge in [-0.2, -0.15) is 0 Å². The van der Waals surface area contributed by atoms with Crippen LogP contribution in [0.15, 0.2) is 23.8 Å². The van der Waals surface area contributed by atoms with E-state index < -0.39 is 5.97 Å². The second kappa shape index (κ2) is 6.26. The second-order valence-electron chi connectivity index (χ2n) is 9.03. The third-order valence-corrected chi connectivity index (χ3v) is 7.19. The Kier molecular flexibility index (Phi) is 4.26. The zero-order chi connectivity index (χ0) is 19.5. The fraction of sp³-hybridized carbons (Fsp3) is 0.591. The van der Waals surface area contributed by atoms with Crippen LogP contribution in [0.25, 0.3) is 0 Å². The fourth-order valence-electron chi connectivity index (χ4n) is 6.11. The first kappa shape index (κ1) is 18.4. The highest BCUT2D eigenvalue weighted by Crippen LogP contribution is 2.65. The molecule has 0 spiro atoms. The lowest BCUT2D eigenvalue weighted by molar-refractivity contribution is -0.133. The van der Waals surface area contributed by atoms with Gasteiger partial charge in [-0.3, -0.25) is 0 Å². The molecule has 1 aromatic carbocycles. The van der Waals surface area contributed by atoms with Crippen molar-refractivity contribution in [2.24, 2.45) is 29.1 Å². The number of aliphatic hydroxyl groups excluding tert-OH is 1. The summed E-state index contributed by atoms with van der Waals surface area (Å²) in [5.74, 6) is 0.886. The van der Waals surface area contributed by atoms with E-state index in [1.807, 2.05) is 0 Å². The Bertz CT molecular complexity index is 790. The molecule has 4 rings (SSSR count). The summed E-state index contributed by atoms with van der Waals surface area (Å²) >= 11 is 0. The van der Waals surface area contributed by atoms with Gasteiger partial charge in [-0.05, 0) is 66.6 Å². The molecule has 0 radical (unpaired) electrons. The highest BCUT2D eigenvalue weighted by Gasteiger charge is 2.62. The molecule has 0 bridgehead atoms. The Labute approximate surface area is 159 Å². The molecule has 146 valence electrons. The van der Waals surface area contributed by atoms with Gasteiger partial charge in [0.1, 0.15) is 23.2 Å². The van der Waals surface area contributed by atoms with E-state index in [1.165, 1.54) is 18.9 Å². The molecule has 1 aromatic rings. The number of rotatable bonds is 3. The molecular weight excluding hydrogens is 344 g/mol. The number of esters is 1. The van der Waals surface area contributed by atoms with Gasteiger partial charge < -0.3 is 20.1 Å². The first-order valence-corrected chi connectivity index (χ1v) is 9.79. The van der Waals surface area contributed by atoms with Gasteiger partial charge in [0.2, 0.25) is 0 Å². The van der Waals surface area contributed by atoms with Crippen LogP contribution in [0.5, 0.6) is 11.5 Å². The number of phenolic OH excluding ortho intramolecular Hbond substituents is 2. The van der Waals surface area contributed by atoms with E-state index in [0.29, 0.717) is 23.3 Å². The molecule has 3 aliphatic carbocycles. The minimum Gasteiger partial charge on any atom is -0.508 e. The van der Waals surface area contributed by atoms with Crippen molar-refractivity contribution < 1.29 is 24.9 Å². The van der Waals surface area contributed by atoms with Crippen LogP contribution in [-0.2, 0) is 4.74 Å². The van der Waals surface area contributed by atoms with E-state index in [0.717, 1.165) is 18.1 Å². The first-order valence-electron chi connectivity index (χ1n) is 9.79. The van der Waals surface area contributed by atoms with Crippen LogP contribution < -0.4 is 0 Å². The van der Waals surface area contributed by atoms with Gasteiger partial charge in [0, 0.05) is 12.0 Å². The van der Waals surface area contributed by atoms with E-state index in [2.05, 4.69) is 19.9 Å². The number of hydrogen-bond donors (Lipinski definition) is 3. The van der Waals surface area contributed by atoms with Gasteiger partial charge in [0.05, 0.1) is 6.61 Å². The summed E-state index contributed by atoms with van der Waals surface area (Å²) in [5.41, 5.74) is 1.62. The Balaban J connectivity index is 1.58. The van der Waals surface area contributed by atoms with Crippen molar-refractivity contribution in [3.8, 4) is 11.5 Å². The van der Waals surface area contributed by atoms with Crippen LogP contribution in [0, 0.1) is 36.0 Å². The zero-order valence-corrected chi connectivity index (χ0v) is 16.1. The van der Waals surface area contributed by atoms with Crippen molar-refractivity contribution in [1.29, 1.82) is 0 Å². The second-order valence-corrected chi connectivity index (χ2v) is 9.03. The van der Waals surface area contributed by atoms with Crippen molar-refractivity contribution >= 4 is 5.97 Å². The molecule has 0 aromatic heterocycles. The van der Waals surface area contributed by atoms with Crippen molar-refractivity contribution in [3.05, 3.63) is 34.9 Å². The Morgan fingerprint density at radius 1 is 1.30 bits per heavy atom. The maximum absolute atomic E-state index is 12.7. The summed E-state index contributed by atoms with van der Waals surface area (Å²) in [6, 6.07) is 2.59. The molecule has 0 unspecified atom stereocenters. The van der Waals surface area contributed by atoms with Gasteiger partial charge in [-0.25, -0.2) is 4.79 Å². The first-order chi connectivity index (χ1) is 12.7. The van der Waals surface area contributed by atoms with Crippen LogP contribution in [-0.4, -0.2) is 34.0 Å². The number of aryl methyl sites for hydroxylation is 1. The normalized spacial score (nSPS) is 37.0. The van der Waals surface area contributed by atoms with Crippen molar-refractivity contribution in [1.82, 2.24) is 0 Å². The van der Waals surface area contributed by atoms with Crippen LogP contribution >= 0.6 is 0 Å². The van der Waals surface area contributed by atoms with Gasteiger partial charge in [-0.1, -0.05) is 19.9 Å². The van der Waals surface area contributed by atoms with Crippen LogP contribution in [0.1, 0.15) is 49.0 Å². The van der Waals surface area contributed by atoms with Crippen molar-refractivity contribution in [2.75, 3.05) is 6.61 Å². The van der Waals surface area contributed by atoms with Crippen LogP contribution in [0.3, 0.4) is 0 Å². The predicted octanol–water partition coefficient (Wildman–Crippen LogP) is 3.55. The summed E-state index contributed by atoms with van der Waals surface area (Å²) < 4.78 is 5.78. The minimum absolute atomic E-state index is 0.00457. The smallest absolute Gasteiger partial charge is 0.342 e. The highest BCUT2D eigenvalue weighted by molar-refractivity contribution is 5.94. The molecule has 0 amide bonds. The number of aliphatic hydroxyl groups is 1. The molecule has 5 heteroatoms. The van der Waals surface area contributed by atoms with Crippen molar-refractivity contribution in [2.45, 2.75) is 46.1 Å². The molecule has 0 aliphatic heterocycles. The average molecular weight is 372 g/mol. The molecule has 27 heavy (non-hydrogen) atoms. The maximum atomic E-state index is 12.7. The van der Waals surface area contributed by atoms with Gasteiger partial charge in [0.25, 0.3) is 0 Å². The van der Waals surface area contributed by atoms with E-state index >= 15 is 0 Å². The van der Waals surface area contributed by atoms with Gasteiger partial charge in [0.15, 0.2) is 0 Å². The molecular formula is C22H28O5. The summed E-state index contributed by atoms with van der Waals surface area (Å²) in [6.07, 6.45) is 5.08. The predicted molar refractivity (Wildman–Crippen MR) is 100 cm³/mol. The molecule has 2 saturated carbocycles. The number of allylic oxidation sites excluding steroid dienone is 1. The molecule has 5 nitrogen and oxygen atoms in total. The quantitative estimate of drug-likeness (QED) is 0.558. The molecule has 6 atom stereocenters. The third-order valence-electron chi connectivity index (χ3n) is 7.19. The van der Waals surface area contributed by atoms with E-state index in [4.69, 9.17) is 4.74 Å². The monoisotopic (exact) mass is 372 g/mol. The maximum Gasteiger partial charge on any atom is 0.342 e. The summed E-state index contributed by atoms with van der Waals surface area (Å²) in [6.45, 7) is 6.21. The number of fused-ring (bicyclic) bond motifs is 3.